The molecule has 0 spiro atoms. The molecule has 0 radical (unpaired) electrons. The van der Waals surface area contributed by atoms with Crippen LogP contribution in [0.15, 0.2) is 158 Å². The summed E-state index contributed by atoms with van der Waals surface area (Å²) in [6.07, 6.45) is 0. The van der Waals surface area contributed by atoms with Crippen molar-refractivity contribution in [2.24, 2.45) is 0 Å². The topological polar surface area (TPSA) is 127 Å². The van der Waals surface area contributed by atoms with Crippen molar-refractivity contribution >= 4 is 34.2 Å². The smallest absolute Gasteiger partial charge is 0.338 e. The van der Waals surface area contributed by atoms with Gasteiger partial charge in [-0.05, 0) is 84.6 Å². The van der Waals surface area contributed by atoms with E-state index in [0.717, 1.165) is 38.4 Å². The van der Waals surface area contributed by atoms with Gasteiger partial charge in [0.15, 0.2) is 10.9 Å². The van der Waals surface area contributed by atoms with Gasteiger partial charge in [-0.1, -0.05) is 145 Å². The summed E-state index contributed by atoms with van der Waals surface area (Å²) in [7, 11) is 0. The van der Waals surface area contributed by atoms with E-state index in [1.54, 1.807) is 18.2 Å². The fourth-order valence-electron chi connectivity index (χ4n) is 6.51. The van der Waals surface area contributed by atoms with Gasteiger partial charge in [0.25, 0.3) is 0 Å². The highest BCUT2D eigenvalue weighted by molar-refractivity contribution is 14.1. The number of nitro groups is 1. The summed E-state index contributed by atoms with van der Waals surface area (Å²) < 4.78 is 2.55. The van der Waals surface area contributed by atoms with Crippen molar-refractivity contribution in [3.8, 4) is 22.5 Å². The van der Waals surface area contributed by atoms with E-state index in [1.807, 2.05) is 118 Å². The predicted octanol–water partition coefficient (Wildman–Crippen LogP) is 8.35. The van der Waals surface area contributed by atoms with Crippen molar-refractivity contribution in [1.82, 2.24) is 20.2 Å². The normalized spacial score (nSPS) is 11.2. The first-order valence-electron chi connectivity index (χ1n) is 16.0. The van der Waals surface area contributed by atoms with Crippen LogP contribution in [-0.2, 0) is 12.1 Å². The first kappa shape index (κ1) is 33.3. The van der Waals surface area contributed by atoms with Crippen LogP contribution >= 0.6 is 22.6 Å². The molecule has 51 heavy (non-hydrogen) atoms. The zero-order valence-electron chi connectivity index (χ0n) is 27.0. The lowest BCUT2D eigenvalue weighted by Gasteiger charge is -2.36. The summed E-state index contributed by atoms with van der Waals surface area (Å²) >= 11 is 1.98. The maximum Gasteiger partial charge on any atom is 0.338 e. The van der Waals surface area contributed by atoms with Crippen molar-refractivity contribution in [2.45, 2.75) is 12.1 Å². The molecular weight excluding hydrogens is 755 g/mol. The molecule has 1 heterocycles. The number of anilines is 1. The summed E-state index contributed by atoms with van der Waals surface area (Å²) in [5.74, 6) is -0.689. The number of carbonyl (C=O) groups is 1. The van der Waals surface area contributed by atoms with Gasteiger partial charge in [0, 0.05) is 9.13 Å². The van der Waals surface area contributed by atoms with E-state index in [1.165, 1.54) is 12.1 Å². The largest absolute Gasteiger partial charge is 0.478 e. The Labute approximate surface area is 306 Å². The van der Waals surface area contributed by atoms with Crippen molar-refractivity contribution in [3.05, 3.63) is 199 Å². The molecule has 0 aliphatic heterocycles. The van der Waals surface area contributed by atoms with Gasteiger partial charge in [-0.2, -0.15) is 0 Å². The van der Waals surface area contributed by atoms with Crippen molar-refractivity contribution in [2.75, 3.05) is 5.01 Å². The molecule has 0 aliphatic rings. The van der Waals surface area contributed by atoms with Crippen LogP contribution in [0.3, 0.4) is 0 Å². The molecule has 0 atom stereocenters. The minimum Gasteiger partial charge on any atom is -0.478 e. The number of nitrogens with zero attached hydrogens (tertiary/aromatic N) is 6. The number of tetrazole rings is 1. The van der Waals surface area contributed by atoms with Gasteiger partial charge in [0.05, 0.1) is 5.56 Å². The third kappa shape index (κ3) is 6.34. The van der Waals surface area contributed by atoms with Crippen molar-refractivity contribution in [1.29, 1.82) is 0 Å². The fraction of sp³-hybridized carbons (Fsp3) is 0.0500. The third-order valence-corrected chi connectivity index (χ3v) is 9.46. The molecule has 6 aromatic carbocycles. The molecule has 1 aromatic heterocycles. The first-order valence-corrected chi connectivity index (χ1v) is 17.0. The Bertz CT molecular complexity index is 2220. The molecule has 7 rings (SSSR count). The summed E-state index contributed by atoms with van der Waals surface area (Å²) in [6.45, 7) is -0.137. The van der Waals surface area contributed by atoms with E-state index >= 15 is 0 Å². The monoisotopic (exact) mass is 784 g/mol. The Morgan fingerprint density at radius 3 is 1.80 bits per heavy atom. The van der Waals surface area contributed by atoms with E-state index in [-0.39, 0.29) is 17.8 Å². The number of carboxylic acids is 1. The average molecular weight is 785 g/mol. The molecule has 0 bridgehead atoms. The highest BCUT2D eigenvalue weighted by Crippen LogP contribution is 2.43. The van der Waals surface area contributed by atoms with Crippen LogP contribution in [0.5, 0.6) is 0 Å². The number of carboxylic acid groups (broad SMARTS) is 1. The van der Waals surface area contributed by atoms with Gasteiger partial charge in [-0.3, -0.25) is 0 Å². The molecule has 0 aliphatic carbocycles. The van der Waals surface area contributed by atoms with E-state index in [0.29, 0.717) is 15.0 Å². The molecule has 0 fully saturated rings. The van der Waals surface area contributed by atoms with Crippen LogP contribution in [0.1, 0.15) is 32.6 Å². The third-order valence-electron chi connectivity index (χ3n) is 8.79. The Hall–Kier alpha value is -6.21. The van der Waals surface area contributed by atoms with Crippen molar-refractivity contribution in [3.63, 3.8) is 0 Å². The van der Waals surface area contributed by atoms with Crippen LogP contribution in [-0.4, -0.2) is 36.3 Å². The Kier molecular flexibility index (Phi) is 9.36. The number of hydrogen-bond acceptors (Lipinski definition) is 6. The minimum absolute atomic E-state index is 0.00732. The Morgan fingerprint density at radius 2 is 1.27 bits per heavy atom. The molecule has 1 N–H and O–H groups in total. The lowest BCUT2D eigenvalue weighted by Crippen LogP contribution is -2.39. The van der Waals surface area contributed by atoms with E-state index in [4.69, 9.17) is 0 Å². The molecule has 0 amide bonds. The standard InChI is InChI=1S/C40H29IN6O4/c41-33-24-25-37(36(26-33)39(48)49)45(47(50)51)27-28-20-22-29(23-21-28)34-18-10-11-19-35(34)38-42-43-44-46(38)40(30-12-4-1-5-13-30,31-14-6-2-7-15-31)32-16-8-3-9-17-32/h1-26H,27H2,(H,48,49). The second-order valence-electron chi connectivity index (χ2n) is 11.7. The fourth-order valence-corrected chi connectivity index (χ4v) is 7.01. The summed E-state index contributed by atoms with van der Waals surface area (Å²) in [6, 6.07) is 50.3. The maximum atomic E-state index is 12.2. The maximum absolute atomic E-state index is 12.2. The highest BCUT2D eigenvalue weighted by atomic mass is 127. The second kappa shape index (κ2) is 14.3. The number of benzene rings is 6. The lowest BCUT2D eigenvalue weighted by atomic mass is 9.77. The molecule has 250 valence electrons. The number of halogens is 1. The number of aromatic carboxylic acids is 1. The number of rotatable bonds is 11. The van der Waals surface area contributed by atoms with Gasteiger partial charge >= 0.3 is 5.97 Å². The first-order chi connectivity index (χ1) is 24.9. The molecule has 0 saturated heterocycles. The Balaban J connectivity index is 1.32. The zero-order chi connectivity index (χ0) is 35.4. The lowest BCUT2D eigenvalue weighted by molar-refractivity contribution is -0.496. The zero-order valence-corrected chi connectivity index (χ0v) is 29.1. The molecule has 7 aromatic rings. The molecule has 11 heteroatoms. The van der Waals surface area contributed by atoms with Gasteiger partial charge in [0.2, 0.25) is 0 Å². The summed E-state index contributed by atoms with van der Waals surface area (Å²) in [5, 5.41) is 35.7. The summed E-state index contributed by atoms with van der Waals surface area (Å²) in [5.41, 5.74) is 5.00. The van der Waals surface area contributed by atoms with Crippen LogP contribution in [0.25, 0.3) is 22.5 Å². The number of aromatic nitrogens is 4. The van der Waals surface area contributed by atoms with Gasteiger partial charge in [0.1, 0.15) is 17.8 Å². The van der Waals surface area contributed by atoms with Gasteiger partial charge < -0.3 is 5.11 Å². The SMILES string of the molecule is O=C(O)c1cc(I)ccc1N(Cc1ccc(-c2ccccc2-c2nnnn2C(c2ccccc2)(c2ccccc2)c2ccccc2)cc1)[N+](=O)[O-]. The van der Waals surface area contributed by atoms with Gasteiger partial charge in [-0.25, -0.2) is 19.6 Å². The van der Waals surface area contributed by atoms with Crippen LogP contribution in [0.4, 0.5) is 5.69 Å². The van der Waals surface area contributed by atoms with Gasteiger partial charge in [-0.15, -0.1) is 5.10 Å². The Morgan fingerprint density at radius 1 is 0.745 bits per heavy atom. The van der Waals surface area contributed by atoms with E-state index in [2.05, 4.69) is 51.9 Å². The molecule has 10 nitrogen and oxygen atoms in total. The molecule has 0 unspecified atom stereocenters. The quantitative estimate of drug-likeness (QED) is 0.0601. The number of hydrazine groups is 1. The molecule has 0 saturated carbocycles. The van der Waals surface area contributed by atoms with Crippen molar-refractivity contribution < 1.29 is 14.9 Å². The molecular formula is C40H29IN6O4. The summed E-state index contributed by atoms with van der Waals surface area (Å²) in [4.78, 5) is 24.1. The number of hydrogen-bond donors (Lipinski definition) is 1. The van der Waals surface area contributed by atoms with Crippen LogP contribution < -0.4 is 5.01 Å². The minimum atomic E-state index is -1.24. The van der Waals surface area contributed by atoms with E-state index in [9.17, 15) is 20.0 Å². The average Bonchev–Trinajstić information content (AvgIpc) is 3.66. The highest BCUT2D eigenvalue weighted by Gasteiger charge is 2.42. The second-order valence-corrected chi connectivity index (χ2v) is 13.0. The predicted molar refractivity (Wildman–Crippen MR) is 203 cm³/mol. The van der Waals surface area contributed by atoms with E-state index < -0.39 is 16.5 Å². The van der Waals surface area contributed by atoms with Crippen LogP contribution in [0, 0.1) is 13.7 Å². The van der Waals surface area contributed by atoms with Crippen LogP contribution in [0.2, 0.25) is 0 Å².